The largest absolute Gasteiger partial charge is 0.444 e. The molecule has 2 N–H and O–H groups in total. The average Bonchev–Trinajstić information content (AvgIpc) is 3.18. The fraction of sp³-hybridized carbons (Fsp3) is 0.611. The van der Waals surface area contributed by atoms with E-state index in [1.54, 1.807) is 6.33 Å². The number of amides is 1. The van der Waals surface area contributed by atoms with Crippen molar-refractivity contribution in [2.45, 2.75) is 45.3 Å². The first-order valence-electron chi connectivity index (χ1n) is 8.91. The molecule has 25 heavy (non-hydrogen) atoms. The van der Waals surface area contributed by atoms with Gasteiger partial charge in [-0.3, -0.25) is 0 Å². The third kappa shape index (κ3) is 3.27. The Kier molecular flexibility index (Phi) is 3.81. The maximum absolute atomic E-state index is 12.2. The fourth-order valence-electron chi connectivity index (χ4n) is 4.07. The number of rotatable bonds is 2. The predicted octanol–water partition coefficient (Wildman–Crippen LogP) is 3.02. The molecule has 2 aromatic heterocycles. The maximum Gasteiger partial charge on any atom is 0.410 e. The number of nitrogens with zero attached hydrogens (tertiary/aromatic N) is 3. The van der Waals surface area contributed by atoms with Crippen LogP contribution in [-0.2, 0) is 4.74 Å². The van der Waals surface area contributed by atoms with Crippen molar-refractivity contribution in [1.82, 2.24) is 19.9 Å². The zero-order valence-electron chi connectivity index (χ0n) is 15.0. The van der Waals surface area contributed by atoms with E-state index >= 15 is 0 Å². The molecular weight excluding hydrogens is 318 g/mol. The van der Waals surface area contributed by atoms with E-state index in [9.17, 15) is 4.79 Å². The van der Waals surface area contributed by atoms with Crippen molar-refractivity contribution < 1.29 is 9.53 Å². The molecule has 7 heteroatoms. The molecule has 3 atom stereocenters. The van der Waals surface area contributed by atoms with Crippen molar-refractivity contribution in [3.8, 4) is 0 Å². The van der Waals surface area contributed by atoms with Crippen molar-refractivity contribution in [2.24, 2.45) is 11.8 Å². The number of hydrogen-bond acceptors (Lipinski definition) is 5. The molecule has 0 spiro atoms. The molecule has 1 aliphatic carbocycles. The highest BCUT2D eigenvalue weighted by Gasteiger charge is 2.43. The smallest absolute Gasteiger partial charge is 0.410 e. The number of hydrogen-bond donors (Lipinski definition) is 2. The molecule has 0 bridgehead atoms. The molecule has 1 saturated heterocycles. The van der Waals surface area contributed by atoms with Gasteiger partial charge in [0.05, 0.1) is 5.39 Å². The summed E-state index contributed by atoms with van der Waals surface area (Å²) in [4.78, 5) is 25.8. The van der Waals surface area contributed by atoms with Gasteiger partial charge in [-0.05, 0) is 51.5 Å². The topological polar surface area (TPSA) is 83.1 Å². The molecule has 2 aliphatic rings. The highest BCUT2D eigenvalue weighted by molar-refractivity contribution is 5.86. The Labute approximate surface area is 147 Å². The Morgan fingerprint density at radius 1 is 1.28 bits per heavy atom. The van der Waals surface area contributed by atoms with E-state index in [0.29, 0.717) is 17.9 Å². The molecule has 0 unspecified atom stereocenters. The summed E-state index contributed by atoms with van der Waals surface area (Å²) in [6.45, 7) is 7.31. The molecule has 1 aliphatic heterocycles. The summed E-state index contributed by atoms with van der Waals surface area (Å²) in [5, 5.41) is 4.60. The van der Waals surface area contributed by atoms with Crippen molar-refractivity contribution in [2.75, 3.05) is 18.4 Å². The number of carbonyl (C=O) groups is 1. The van der Waals surface area contributed by atoms with Gasteiger partial charge in [-0.25, -0.2) is 14.8 Å². The molecule has 3 heterocycles. The molecule has 0 radical (unpaired) electrons. The second kappa shape index (κ2) is 5.89. The quantitative estimate of drug-likeness (QED) is 0.876. The van der Waals surface area contributed by atoms with Gasteiger partial charge >= 0.3 is 6.09 Å². The van der Waals surface area contributed by atoms with E-state index in [1.807, 2.05) is 37.9 Å². The van der Waals surface area contributed by atoms with Gasteiger partial charge < -0.3 is 19.9 Å². The van der Waals surface area contributed by atoms with Crippen LogP contribution in [0.3, 0.4) is 0 Å². The summed E-state index contributed by atoms with van der Waals surface area (Å²) in [5.41, 5.74) is 0.417. The zero-order valence-corrected chi connectivity index (χ0v) is 15.0. The second-order valence-electron chi connectivity index (χ2n) is 8.18. The molecule has 2 aromatic rings. The van der Waals surface area contributed by atoms with Crippen LogP contribution >= 0.6 is 0 Å². The van der Waals surface area contributed by atoms with E-state index in [4.69, 9.17) is 4.74 Å². The lowest BCUT2D eigenvalue weighted by molar-refractivity contribution is 0.0280. The molecule has 134 valence electrons. The Morgan fingerprint density at radius 2 is 2.00 bits per heavy atom. The molecule has 4 rings (SSSR count). The van der Waals surface area contributed by atoms with Gasteiger partial charge in [-0.2, -0.15) is 0 Å². The normalized spacial score (nSPS) is 26.0. The second-order valence-corrected chi connectivity index (χ2v) is 8.18. The highest BCUT2D eigenvalue weighted by Crippen LogP contribution is 2.40. The Balaban J connectivity index is 1.37. The van der Waals surface area contributed by atoms with Crippen LogP contribution in [-0.4, -0.2) is 50.7 Å². The standard InChI is InChI=1S/C18H25N5O2/c1-18(2,3)25-17(24)23-8-11-6-13(7-12(11)9-23)22-16-14-4-5-19-15(14)20-10-21-16/h4-5,10-13H,6-9H2,1-3H3,(H2,19,20,21,22)/t11-,12+,13+. The Bertz CT molecular complexity index is 767. The van der Waals surface area contributed by atoms with Gasteiger partial charge in [-0.1, -0.05) is 0 Å². The van der Waals surface area contributed by atoms with Gasteiger partial charge in [0.15, 0.2) is 0 Å². The van der Waals surface area contributed by atoms with E-state index in [1.165, 1.54) is 0 Å². The zero-order chi connectivity index (χ0) is 17.6. The molecule has 1 amide bonds. The molecule has 0 aromatic carbocycles. The lowest BCUT2D eigenvalue weighted by Gasteiger charge is -2.25. The third-order valence-electron chi connectivity index (χ3n) is 5.10. The third-order valence-corrected chi connectivity index (χ3v) is 5.10. The van der Waals surface area contributed by atoms with Crippen LogP contribution in [0.25, 0.3) is 11.0 Å². The number of anilines is 1. The lowest BCUT2D eigenvalue weighted by Crippen LogP contribution is -2.36. The van der Waals surface area contributed by atoms with Crippen LogP contribution in [0.5, 0.6) is 0 Å². The summed E-state index contributed by atoms with van der Waals surface area (Å²) in [7, 11) is 0. The number of H-pyrrole nitrogens is 1. The maximum atomic E-state index is 12.2. The summed E-state index contributed by atoms with van der Waals surface area (Å²) in [6.07, 6.45) is 5.39. The number of nitrogens with one attached hydrogen (secondary N) is 2. The number of aromatic amines is 1. The van der Waals surface area contributed by atoms with E-state index in [0.717, 1.165) is 42.8 Å². The van der Waals surface area contributed by atoms with Crippen LogP contribution < -0.4 is 5.32 Å². The van der Waals surface area contributed by atoms with E-state index < -0.39 is 5.60 Å². The van der Waals surface area contributed by atoms with Crippen LogP contribution in [0.15, 0.2) is 18.6 Å². The van der Waals surface area contributed by atoms with Crippen LogP contribution in [0.2, 0.25) is 0 Å². The first-order chi connectivity index (χ1) is 11.9. The Morgan fingerprint density at radius 3 is 2.68 bits per heavy atom. The minimum Gasteiger partial charge on any atom is -0.444 e. The molecule has 7 nitrogen and oxygen atoms in total. The van der Waals surface area contributed by atoms with Gasteiger partial charge in [-0.15, -0.1) is 0 Å². The van der Waals surface area contributed by atoms with Crippen molar-refractivity contribution in [3.63, 3.8) is 0 Å². The summed E-state index contributed by atoms with van der Waals surface area (Å²) in [6, 6.07) is 2.39. The van der Waals surface area contributed by atoms with E-state index in [2.05, 4.69) is 20.3 Å². The van der Waals surface area contributed by atoms with Gasteiger partial charge in [0.1, 0.15) is 23.4 Å². The first-order valence-corrected chi connectivity index (χ1v) is 8.91. The predicted molar refractivity (Wildman–Crippen MR) is 95.3 cm³/mol. The molecule has 1 saturated carbocycles. The lowest BCUT2D eigenvalue weighted by atomic mass is 10.0. The first kappa shape index (κ1) is 16.2. The van der Waals surface area contributed by atoms with Crippen LogP contribution in [0.4, 0.5) is 10.6 Å². The minimum atomic E-state index is -0.437. The monoisotopic (exact) mass is 343 g/mol. The van der Waals surface area contributed by atoms with Gasteiger partial charge in [0.25, 0.3) is 0 Å². The summed E-state index contributed by atoms with van der Waals surface area (Å²) in [5.74, 6) is 1.96. The van der Waals surface area contributed by atoms with E-state index in [-0.39, 0.29) is 6.09 Å². The number of ether oxygens (including phenoxy) is 1. The summed E-state index contributed by atoms with van der Waals surface area (Å²) >= 11 is 0. The average molecular weight is 343 g/mol. The number of likely N-dealkylation sites (tertiary alicyclic amines) is 1. The van der Waals surface area contributed by atoms with Crippen molar-refractivity contribution in [1.29, 1.82) is 0 Å². The number of aromatic nitrogens is 3. The number of carbonyl (C=O) groups excluding carboxylic acids is 1. The molecular formula is C18H25N5O2. The van der Waals surface area contributed by atoms with Gasteiger partial charge in [0.2, 0.25) is 0 Å². The van der Waals surface area contributed by atoms with Crippen LogP contribution in [0.1, 0.15) is 33.6 Å². The SMILES string of the molecule is CC(C)(C)OC(=O)N1C[C@H]2C[C@H](Nc3ncnc4[nH]ccc34)C[C@H]2C1. The minimum absolute atomic E-state index is 0.184. The highest BCUT2D eigenvalue weighted by atomic mass is 16.6. The molecule has 2 fully saturated rings. The van der Waals surface area contributed by atoms with Crippen molar-refractivity contribution >= 4 is 22.9 Å². The van der Waals surface area contributed by atoms with Crippen LogP contribution in [0, 0.1) is 11.8 Å². The Hall–Kier alpha value is -2.31. The number of fused-ring (bicyclic) bond motifs is 2. The van der Waals surface area contributed by atoms with Crippen molar-refractivity contribution in [3.05, 3.63) is 18.6 Å². The van der Waals surface area contributed by atoms with Gasteiger partial charge in [0, 0.05) is 25.3 Å². The summed E-state index contributed by atoms with van der Waals surface area (Å²) < 4.78 is 5.50. The fourth-order valence-corrected chi connectivity index (χ4v) is 4.07.